The third kappa shape index (κ3) is 2.01. The second-order valence-corrected chi connectivity index (χ2v) is 7.62. The number of hydrogen-bond acceptors (Lipinski definition) is 0. The quantitative estimate of drug-likeness (QED) is 0.496. The van der Waals surface area contributed by atoms with Crippen LogP contribution in [0.25, 0.3) is 21.8 Å². The molecule has 0 unspecified atom stereocenters. The minimum absolute atomic E-state index is 0.321. The van der Waals surface area contributed by atoms with Gasteiger partial charge in [-0.05, 0) is 0 Å². The molecule has 0 bridgehead atoms. The Labute approximate surface area is 130 Å². The number of fused-ring (bicyclic) bond motifs is 2. The number of rotatable bonds is 2. The Hall–Kier alpha value is -1.96. The van der Waals surface area contributed by atoms with Gasteiger partial charge in [-0.3, -0.25) is 0 Å². The normalized spacial score (nSPS) is 11.5. The van der Waals surface area contributed by atoms with Crippen molar-refractivity contribution in [2.45, 2.75) is 0 Å². The van der Waals surface area contributed by atoms with Crippen LogP contribution in [0.5, 0.6) is 0 Å². The molecule has 2 heterocycles. The second-order valence-electron chi connectivity index (χ2n) is 5.34. The number of benzene rings is 2. The van der Waals surface area contributed by atoms with Crippen molar-refractivity contribution in [2.75, 3.05) is 0 Å². The van der Waals surface area contributed by atoms with Crippen LogP contribution in [0.2, 0.25) is 0 Å². The van der Waals surface area contributed by atoms with E-state index in [9.17, 15) is 0 Å². The Kier molecular flexibility index (Phi) is 2.91. The maximum atomic E-state index is 2.28. The van der Waals surface area contributed by atoms with Crippen molar-refractivity contribution >= 4 is 45.7 Å². The van der Waals surface area contributed by atoms with Gasteiger partial charge in [0.2, 0.25) is 0 Å². The van der Waals surface area contributed by atoms with E-state index in [1.807, 2.05) is 0 Å². The molecule has 0 saturated heterocycles. The number of aryl methyl sites for hydroxylation is 2. The zero-order valence-electron chi connectivity index (χ0n) is 12.1. The molecule has 0 fully saturated rings. The third-order valence-electron chi connectivity index (χ3n) is 3.94. The molecule has 0 atom stereocenters. The average molecular weight is 339 g/mol. The molecule has 0 aliphatic heterocycles. The summed E-state index contributed by atoms with van der Waals surface area (Å²) in [6.07, 6.45) is 4.57. The summed E-state index contributed by atoms with van der Waals surface area (Å²) < 4.78 is 7.38. The van der Waals surface area contributed by atoms with E-state index in [1.165, 1.54) is 30.7 Å². The van der Waals surface area contributed by atoms with Crippen LogP contribution < -0.4 is 8.92 Å². The summed E-state index contributed by atoms with van der Waals surface area (Å²) >= 11 is 0.321. The van der Waals surface area contributed by atoms with Crippen molar-refractivity contribution in [3.05, 3.63) is 60.9 Å². The van der Waals surface area contributed by atoms with E-state index in [2.05, 4.69) is 84.2 Å². The number of nitrogens with zero attached hydrogens (tertiary/aromatic N) is 2. The van der Waals surface area contributed by atoms with Crippen molar-refractivity contribution in [1.82, 2.24) is 9.13 Å². The van der Waals surface area contributed by atoms with Crippen LogP contribution in [0.3, 0.4) is 0 Å². The Morgan fingerprint density at radius 2 is 1.10 bits per heavy atom. The van der Waals surface area contributed by atoms with Gasteiger partial charge in [0.1, 0.15) is 0 Å². The van der Waals surface area contributed by atoms with Crippen LogP contribution in [-0.4, -0.2) is 24.1 Å². The van der Waals surface area contributed by atoms with Crippen LogP contribution in [0, 0.1) is 0 Å². The third-order valence-corrected chi connectivity index (χ3v) is 6.23. The maximum absolute atomic E-state index is 2.28. The molecule has 0 spiro atoms. The van der Waals surface area contributed by atoms with Crippen LogP contribution in [0.1, 0.15) is 0 Å². The molecule has 2 aromatic heterocycles. The van der Waals surface area contributed by atoms with Crippen LogP contribution in [-0.2, 0) is 14.1 Å². The van der Waals surface area contributed by atoms with Crippen molar-refractivity contribution in [2.24, 2.45) is 14.1 Å². The molecule has 0 aliphatic carbocycles. The molecule has 0 radical (unpaired) electrons. The Morgan fingerprint density at radius 1 is 0.667 bits per heavy atom. The summed E-state index contributed by atoms with van der Waals surface area (Å²) in [5.41, 5.74) is 2.63. The van der Waals surface area contributed by atoms with Gasteiger partial charge in [0.05, 0.1) is 0 Å². The molecular formula is C18H16N2Se. The summed E-state index contributed by atoms with van der Waals surface area (Å²) in [7, 11) is 4.26. The Morgan fingerprint density at radius 3 is 1.57 bits per heavy atom. The van der Waals surface area contributed by atoms with E-state index >= 15 is 0 Å². The van der Waals surface area contributed by atoms with E-state index < -0.39 is 0 Å². The molecule has 21 heavy (non-hydrogen) atoms. The molecule has 0 saturated carbocycles. The SMILES string of the molecule is Cn1cc([Se]c2cn(C)c3ccccc23)c2ccccc21. The van der Waals surface area contributed by atoms with Crippen molar-refractivity contribution in [1.29, 1.82) is 0 Å². The van der Waals surface area contributed by atoms with Gasteiger partial charge in [-0.25, -0.2) is 0 Å². The standard InChI is InChI=1S/C18H16N2Se/c1-19-11-17(13-7-3-5-9-15(13)19)21-18-12-20(2)16-10-6-4-8-14(16)18/h3-12H,1-2H3. The molecule has 0 aliphatic rings. The second kappa shape index (κ2) is 4.80. The predicted molar refractivity (Wildman–Crippen MR) is 90.9 cm³/mol. The average Bonchev–Trinajstić information content (AvgIpc) is 3.00. The van der Waals surface area contributed by atoms with Crippen molar-refractivity contribution in [3.63, 3.8) is 0 Å². The molecular weight excluding hydrogens is 323 g/mol. The van der Waals surface area contributed by atoms with E-state index in [0.717, 1.165) is 0 Å². The van der Waals surface area contributed by atoms with E-state index in [0.29, 0.717) is 15.0 Å². The Balaban J connectivity index is 1.87. The van der Waals surface area contributed by atoms with Gasteiger partial charge in [-0.15, -0.1) is 0 Å². The number of para-hydroxylation sites is 2. The van der Waals surface area contributed by atoms with Gasteiger partial charge in [0.25, 0.3) is 0 Å². The Bertz CT molecular complexity index is 868. The molecule has 2 nitrogen and oxygen atoms in total. The fraction of sp³-hybridized carbons (Fsp3) is 0.111. The van der Waals surface area contributed by atoms with Gasteiger partial charge in [-0.2, -0.15) is 0 Å². The fourth-order valence-electron chi connectivity index (χ4n) is 2.89. The first kappa shape index (κ1) is 12.8. The van der Waals surface area contributed by atoms with Crippen LogP contribution in [0.4, 0.5) is 0 Å². The molecule has 104 valence electrons. The molecule has 2 aromatic carbocycles. The number of hydrogen-bond donors (Lipinski definition) is 0. The monoisotopic (exact) mass is 340 g/mol. The van der Waals surface area contributed by atoms with Crippen LogP contribution in [0.15, 0.2) is 60.9 Å². The zero-order valence-corrected chi connectivity index (χ0v) is 13.8. The molecule has 4 aromatic rings. The molecule has 0 N–H and O–H groups in total. The summed E-state index contributed by atoms with van der Waals surface area (Å²) in [6, 6.07) is 17.3. The van der Waals surface area contributed by atoms with Gasteiger partial charge in [-0.1, -0.05) is 0 Å². The van der Waals surface area contributed by atoms with Gasteiger partial charge in [0, 0.05) is 0 Å². The summed E-state index contributed by atoms with van der Waals surface area (Å²) in [4.78, 5) is 0. The topological polar surface area (TPSA) is 9.86 Å². The summed E-state index contributed by atoms with van der Waals surface area (Å²) in [5, 5.41) is 2.76. The first-order chi connectivity index (χ1) is 10.2. The van der Waals surface area contributed by atoms with E-state index in [1.54, 1.807) is 0 Å². The fourth-order valence-corrected chi connectivity index (χ4v) is 5.46. The van der Waals surface area contributed by atoms with Gasteiger partial charge >= 0.3 is 130 Å². The van der Waals surface area contributed by atoms with Crippen molar-refractivity contribution in [3.8, 4) is 0 Å². The molecule has 0 amide bonds. The van der Waals surface area contributed by atoms with Gasteiger partial charge < -0.3 is 0 Å². The molecule has 4 rings (SSSR count). The van der Waals surface area contributed by atoms with E-state index in [-0.39, 0.29) is 0 Å². The zero-order chi connectivity index (χ0) is 14.4. The van der Waals surface area contributed by atoms with E-state index in [4.69, 9.17) is 0 Å². The first-order valence-electron chi connectivity index (χ1n) is 7.00. The van der Waals surface area contributed by atoms with Gasteiger partial charge in [0.15, 0.2) is 0 Å². The van der Waals surface area contributed by atoms with Crippen molar-refractivity contribution < 1.29 is 0 Å². The van der Waals surface area contributed by atoms with Crippen LogP contribution >= 0.6 is 0 Å². The number of aromatic nitrogens is 2. The summed E-state index contributed by atoms with van der Waals surface area (Å²) in [5.74, 6) is 0. The minimum atomic E-state index is 0.321. The molecule has 3 heteroatoms. The predicted octanol–water partition coefficient (Wildman–Crippen LogP) is 2.32. The first-order valence-corrected chi connectivity index (χ1v) is 8.71. The summed E-state index contributed by atoms with van der Waals surface area (Å²) in [6.45, 7) is 0.